The van der Waals surface area contributed by atoms with Gasteiger partial charge in [0, 0.05) is 35.5 Å². The summed E-state index contributed by atoms with van der Waals surface area (Å²) in [5.41, 5.74) is 3.07. The van der Waals surface area contributed by atoms with E-state index in [2.05, 4.69) is 5.32 Å². The number of carbonyl (C=O) groups excluding carboxylic acids is 3. The lowest BCUT2D eigenvalue weighted by Crippen LogP contribution is -2.53. The highest BCUT2D eigenvalue weighted by molar-refractivity contribution is 6.30. The zero-order valence-electron chi connectivity index (χ0n) is 22.6. The Kier molecular flexibility index (Phi) is 8.17. The van der Waals surface area contributed by atoms with Crippen molar-refractivity contribution in [2.24, 2.45) is 5.92 Å². The molecule has 0 saturated heterocycles. The Morgan fingerprint density at radius 2 is 1.57 bits per heavy atom. The minimum Gasteiger partial charge on any atom is -0.354 e. The molecule has 5 rings (SSSR count). The number of nitrogens with one attached hydrogen (secondary N) is 1. The first kappa shape index (κ1) is 27.4. The predicted molar refractivity (Wildman–Crippen MR) is 159 cm³/mol. The molecule has 4 aromatic carbocycles. The summed E-state index contributed by atoms with van der Waals surface area (Å²) in [6.45, 7) is 4.57. The van der Waals surface area contributed by atoms with Gasteiger partial charge >= 0.3 is 0 Å². The van der Waals surface area contributed by atoms with E-state index in [1.54, 1.807) is 23.1 Å². The first-order valence-corrected chi connectivity index (χ1v) is 13.9. The number of nitrogens with zero attached hydrogens (tertiary/aromatic N) is 2. The molecule has 1 atom stereocenters. The lowest BCUT2D eigenvalue weighted by molar-refractivity contribution is -0.140. The summed E-state index contributed by atoms with van der Waals surface area (Å²) in [6, 6.07) is 27.5. The molecule has 1 unspecified atom stereocenters. The molecule has 4 aromatic rings. The number of amides is 3. The molecule has 0 bridgehead atoms. The van der Waals surface area contributed by atoms with Crippen LogP contribution in [0, 0.1) is 5.92 Å². The van der Waals surface area contributed by atoms with Crippen LogP contribution in [-0.2, 0) is 22.6 Å². The number of carbonyl (C=O) groups is 3. The van der Waals surface area contributed by atoms with E-state index >= 15 is 0 Å². The highest BCUT2D eigenvalue weighted by Crippen LogP contribution is 2.37. The maximum atomic E-state index is 14.2. The van der Waals surface area contributed by atoms with Gasteiger partial charge in [0.15, 0.2) is 0 Å². The van der Waals surface area contributed by atoms with Crippen molar-refractivity contribution < 1.29 is 14.4 Å². The van der Waals surface area contributed by atoms with E-state index in [1.807, 2.05) is 86.6 Å². The first-order chi connectivity index (χ1) is 19.3. The van der Waals surface area contributed by atoms with Gasteiger partial charge < -0.3 is 10.2 Å². The topological polar surface area (TPSA) is 69.7 Å². The minimum absolute atomic E-state index is 0.178. The normalized spacial score (nSPS) is 13.1. The van der Waals surface area contributed by atoms with Gasteiger partial charge in [-0.05, 0) is 46.7 Å². The fraction of sp³-hybridized carbons (Fsp3) is 0.242. The van der Waals surface area contributed by atoms with E-state index in [1.165, 1.54) is 4.90 Å². The van der Waals surface area contributed by atoms with Gasteiger partial charge in [-0.25, -0.2) is 0 Å². The summed E-state index contributed by atoms with van der Waals surface area (Å²) in [4.78, 5) is 44.4. The van der Waals surface area contributed by atoms with Gasteiger partial charge in [0.2, 0.25) is 11.8 Å². The third-order valence-electron chi connectivity index (χ3n) is 7.16. The molecular weight excluding hydrogens is 522 g/mol. The molecule has 6 nitrogen and oxygen atoms in total. The second-order valence-corrected chi connectivity index (χ2v) is 11.0. The van der Waals surface area contributed by atoms with Gasteiger partial charge in [0.05, 0.1) is 5.69 Å². The molecule has 0 spiro atoms. The highest BCUT2D eigenvalue weighted by atomic mass is 35.5. The van der Waals surface area contributed by atoms with Gasteiger partial charge in [0.25, 0.3) is 5.91 Å². The summed E-state index contributed by atoms with van der Waals surface area (Å²) < 4.78 is 0. The highest BCUT2D eigenvalue weighted by Gasteiger charge is 2.35. The molecule has 204 valence electrons. The average Bonchev–Trinajstić information content (AvgIpc) is 3.23. The monoisotopic (exact) mass is 553 g/mol. The molecule has 1 N–H and O–H groups in total. The second-order valence-electron chi connectivity index (χ2n) is 10.6. The molecule has 7 heteroatoms. The van der Waals surface area contributed by atoms with Crippen LogP contribution >= 0.6 is 11.6 Å². The SMILES string of the molecule is CC(C)CNC(=O)C(Cc1ccccc1)N(Cc1ccc(Cl)cc1)C(=O)CN1C(=O)c2cccc3cccc1c23. The third kappa shape index (κ3) is 5.87. The van der Waals surface area contributed by atoms with E-state index < -0.39 is 6.04 Å². The molecular formula is C33H32ClN3O3. The predicted octanol–water partition coefficient (Wildman–Crippen LogP) is 5.87. The van der Waals surface area contributed by atoms with E-state index in [4.69, 9.17) is 11.6 Å². The lowest BCUT2D eigenvalue weighted by atomic mass is 10.0. The van der Waals surface area contributed by atoms with Crippen LogP contribution < -0.4 is 10.2 Å². The molecule has 0 radical (unpaired) electrons. The Bertz CT molecular complexity index is 1530. The minimum atomic E-state index is -0.778. The van der Waals surface area contributed by atoms with Crippen LogP contribution in [0.3, 0.4) is 0 Å². The van der Waals surface area contributed by atoms with Crippen LogP contribution in [0.5, 0.6) is 0 Å². The summed E-state index contributed by atoms with van der Waals surface area (Å²) >= 11 is 6.13. The number of hydrogen-bond donors (Lipinski definition) is 1. The molecule has 1 aliphatic heterocycles. The quantitative estimate of drug-likeness (QED) is 0.267. The van der Waals surface area contributed by atoms with Crippen molar-refractivity contribution in [1.82, 2.24) is 10.2 Å². The number of rotatable bonds is 10. The average molecular weight is 554 g/mol. The number of hydrogen-bond acceptors (Lipinski definition) is 3. The smallest absolute Gasteiger partial charge is 0.259 e. The van der Waals surface area contributed by atoms with Crippen LogP contribution in [0.2, 0.25) is 5.02 Å². The molecule has 0 aliphatic carbocycles. The molecule has 1 heterocycles. The van der Waals surface area contributed by atoms with Crippen LogP contribution in [0.25, 0.3) is 10.8 Å². The van der Waals surface area contributed by atoms with Crippen LogP contribution in [0.15, 0.2) is 91.0 Å². The van der Waals surface area contributed by atoms with Crippen molar-refractivity contribution in [3.8, 4) is 0 Å². The Balaban J connectivity index is 1.50. The number of benzene rings is 4. The molecule has 40 heavy (non-hydrogen) atoms. The molecule has 0 aromatic heterocycles. The Hall–Kier alpha value is -4.16. The largest absolute Gasteiger partial charge is 0.354 e. The second kappa shape index (κ2) is 11.9. The third-order valence-corrected chi connectivity index (χ3v) is 7.42. The van der Waals surface area contributed by atoms with Gasteiger partial charge in [-0.3, -0.25) is 19.3 Å². The first-order valence-electron chi connectivity index (χ1n) is 13.5. The molecule has 3 amide bonds. The zero-order valence-corrected chi connectivity index (χ0v) is 23.4. The maximum absolute atomic E-state index is 14.2. The zero-order chi connectivity index (χ0) is 28.2. The number of anilines is 1. The standard InChI is InChI=1S/C33H32ClN3O3/c1-22(2)19-35-32(39)29(18-23-8-4-3-5-9-23)36(20-24-14-16-26(34)17-15-24)30(38)21-37-28-13-7-11-25-10-6-12-27(31(25)28)33(37)40/h3-17,22,29H,18-21H2,1-2H3,(H,35,39). The summed E-state index contributed by atoms with van der Waals surface area (Å²) in [5, 5.41) is 5.42. The summed E-state index contributed by atoms with van der Waals surface area (Å²) in [6.07, 6.45) is 0.341. The lowest BCUT2D eigenvalue weighted by Gasteiger charge is -2.33. The van der Waals surface area contributed by atoms with Crippen LogP contribution in [-0.4, -0.2) is 41.8 Å². The summed E-state index contributed by atoms with van der Waals surface area (Å²) in [7, 11) is 0. The van der Waals surface area contributed by atoms with Crippen molar-refractivity contribution >= 4 is 45.8 Å². The van der Waals surface area contributed by atoms with Crippen LogP contribution in [0.4, 0.5) is 5.69 Å². The van der Waals surface area contributed by atoms with Gasteiger partial charge in [0.1, 0.15) is 12.6 Å². The Morgan fingerprint density at radius 3 is 2.27 bits per heavy atom. The van der Waals surface area contributed by atoms with E-state index in [0.717, 1.165) is 21.9 Å². The van der Waals surface area contributed by atoms with E-state index in [-0.39, 0.29) is 36.7 Å². The van der Waals surface area contributed by atoms with Gasteiger partial charge in [-0.1, -0.05) is 92.2 Å². The van der Waals surface area contributed by atoms with Crippen LogP contribution in [0.1, 0.15) is 35.3 Å². The maximum Gasteiger partial charge on any atom is 0.259 e. The van der Waals surface area contributed by atoms with Crippen molar-refractivity contribution in [2.45, 2.75) is 32.9 Å². The van der Waals surface area contributed by atoms with Crippen molar-refractivity contribution in [3.63, 3.8) is 0 Å². The molecule has 1 aliphatic rings. The van der Waals surface area contributed by atoms with Crippen molar-refractivity contribution in [3.05, 3.63) is 113 Å². The Labute approximate surface area is 239 Å². The van der Waals surface area contributed by atoms with Crippen molar-refractivity contribution in [2.75, 3.05) is 18.0 Å². The molecule has 0 fully saturated rings. The fourth-order valence-electron chi connectivity index (χ4n) is 5.13. The number of halogens is 1. The summed E-state index contributed by atoms with van der Waals surface area (Å²) in [5.74, 6) is -0.495. The molecule has 0 saturated carbocycles. The van der Waals surface area contributed by atoms with Crippen molar-refractivity contribution in [1.29, 1.82) is 0 Å². The fourth-order valence-corrected chi connectivity index (χ4v) is 5.25. The van der Waals surface area contributed by atoms with Gasteiger partial charge in [-0.2, -0.15) is 0 Å². The van der Waals surface area contributed by atoms with E-state index in [9.17, 15) is 14.4 Å². The Morgan fingerprint density at radius 1 is 0.875 bits per heavy atom. The van der Waals surface area contributed by atoms with Gasteiger partial charge in [-0.15, -0.1) is 0 Å². The van der Waals surface area contributed by atoms with E-state index in [0.29, 0.717) is 29.2 Å².